The summed E-state index contributed by atoms with van der Waals surface area (Å²) in [5.41, 5.74) is 2.68. The molecule has 5 aromatic rings. The number of carbonyl (C=O) groups is 1. The number of para-hydroxylation sites is 2. The van der Waals surface area contributed by atoms with Gasteiger partial charge >= 0.3 is 0 Å². The van der Waals surface area contributed by atoms with Gasteiger partial charge in [-0.25, -0.2) is 0 Å². The van der Waals surface area contributed by atoms with Gasteiger partial charge in [0.2, 0.25) is 0 Å². The van der Waals surface area contributed by atoms with Gasteiger partial charge in [-0.15, -0.1) is 5.10 Å². The quantitative estimate of drug-likeness (QED) is 0.470. The Kier molecular flexibility index (Phi) is 3.92. The van der Waals surface area contributed by atoms with E-state index < -0.39 is 0 Å². The zero-order valence-corrected chi connectivity index (χ0v) is 15.2. The van der Waals surface area contributed by atoms with Crippen LogP contribution in [0.4, 0.5) is 0 Å². The molecule has 0 N–H and O–H groups in total. The molecular formula is C21H14N6O2. The summed E-state index contributed by atoms with van der Waals surface area (Å²) in [5, 5.41) is 22.4. The maximum atomic E-state index is 13.3. The van der Waals surface area contributed by atoms with Crippen molar-refractivity contribution in [1.29, 1.82) is 5.26 Å². The Morgan fingerprint density at radius 1 is 1.14 bits per heavy atom. The van der Waals surface area contributed by atoms with E-state index in [0.29, 0.717) is 40.2 Å². The van der Waals surface area contributed by atoms with E-state index >= 15 is 0 Å². The number of furan rings is 1. The van der Waals surface area contributed by atoms with Gasteiger partial charge in [-0.05, 0) is 24.3 Å². The van der Waals surface area contributed by atoms with Crippen molar-refractivity contribution in [3.8, 4) is 17.5 Å². The van der Waals surface area contributed by atoms with Gasteiger partial charge in [-0.3, -0.25) is 9.48 Å². The van der Waals surface area contributed by atoms with E-state index in [1.165, 1.54) is 4.68 Å². The summed E-state index contributed by atoms with van der Waals surface area (Å²) < 4.78 is 8.77. The molecule has 0 saturated carbocycles. The monoisotopic (exact) mass is 382 g/mol. The normalized spacial score (nSPS) is 11.1. The van der Waals surface area contributed by atoms with Crippen molar-refractivity contribution >= 4 is 27.9 Å². The molecule has 8 nitrogen and oxygen atoms in total. The molecule has 0 atom stereocenters. The predicted octanol–water partition coefficient (Wildman–Crippen LogP) is 3.64. The highest BCUT2D eigenvalue weighted by Crippen LogP contribution is 2.30. The van der Waals surface area contributed by atoms with Crippen LogP contribution in [0.25, 0.3) is 33.5 Å². The average molecular weight is 382 g/mol. The molecule has 5 rings (SSSR count). The number of nitrogens with zero attached hydrogens (tertiary/aromatic N) is 6. The van der Waals surface area contributed by atoms with Crippen molar-refractivity contribution in [2.24, 2.45) is 0 Å². The van der Waals surface area contributed by atoms with Crippen molar-refractivity contribution < 1.29 is 9.21 Å². The fourth-order valence-electron chi connectivity index (χ4n) is 3.27. The first kappa shape index (κ1) is 16.9. The molecule has 0 saturated heterocycles. The third-order valence-electron chi connectivity index (χ3n) is 4.65. The van der Waals surface area contributed by atoms with Crippen LogP contribution in [-0.2, 0) is 6.54 Å². The number of benzene rings is 2. The Morgan fingerprint density at radius 2 is 1.97 bits per heavy atom. The summed E-state index contributed by atoms with van der Waals surface area (Å²) in [6.45, 7) is 0.370. The summed E-state index contributed by atoms with van der Waals surface area (Å²) in [5.74, 6) is 0.118. The fourth-order valence-corrected chi connectivity index (χ4v) is 3.27. The van der Waals surface area contributed by atoms with Gasteiger partial charge < -0.3 is 4.42 Å². The highest BCUT2D eigenvalue weighted by molar-refractivity contribution is 6.04. The molecule has 0 bridgehead atoms. The highest BCUT2D eigenvalue weighted by atomic mass is 16.3. The Hall–Kier alpha value is -4.25. The lowest BCUT2D eigenvalue weighted by Crippen LogP contribution is -2.14. The fraction of sp³-hybridized carbons (Fsp3) is 0.0952. The Bertz CT molecular complexity index is 1370. The topological polar surface area (TPSA) is 103 Å². The molecule has 0 spiro atoms. The third-order valence-corrected chi connectivity index (χ3v) is 4.65. The first-order chi connectivity index (χ1) is 14.2. The molecule has 3 aromatic heterocycles. The summed E-state index contributed by atoms with van der Waals surface area (Å²) in [7, 11) is 0. The number of hydrogen-bond acceptors (Lipinski definition) is 6. The Morgan fingerprint density at radius 3 is 2.83 bits per heavy atom. The van der Waals surface area contributed by atoms with Crippen molar-refractivity contribution in [3.05, 3.63) is 66.4 Å². The molecule has 3 heterocycles. The van der Waals surface area contributed by atoms with Crippen LogP contribution >= 0.6 is 0 Å². The predicted molar refractivity (Wildman–Crippen MR) is 105 cm³/mol. The molecule has 2 aromatic carbocycles. The molecule has 0 radical (unpaired) electrons. The van der Waals surface area contributed by atoms with Crippen LogP contribution in [0.1, 0.15) is 16.8 Å². The SMILES string of the molecule is N#CCCn1cc(C(=O)n2nnc3ccccc32)c(-c2cc3ccccc3o2)n1. The summed E-state index contributed by atoms with van der Waals surface area (Å²) >= 11 is 0. The van der Waals surface area contributed by atoms with Crippen LogP contribution in [0, 0.1) is 11.3 Å². The molecule has 0 aliphatic heterocycles. The average Bonchev–Trinajstić information content (AvgIpc) is 3.47. The van der Waals surface area contributed by atoms with Gasteiger partial charge in [0.25, 0.3) is 5.91 Å². The first-order valence-corrected chi connectivity index (χ1v) is 9.03. The number of aromatic nitrogens is 5. The third kappa shape index (κ3) is 2.85. The van der Waals surface area contributed by atoms with Crippen LogP contribution in [0.3, 0.4) is 0 Å². The zero-order chi connectivity index (χ0) is 19.8. The van der Waals surface area contributed by atoms with Gasteiger partial charge in [0, 0.05) is 11.6 Å². The second-order valence-corrected chi connectivity index (χ2v) is 6.51. The summed E-state index contributed by atoms with van der Waals surface area (Å²) in [6, 6.07) is 18.8. The Labute approximate surface area is 164 Å². The number of hydrogen-bond donors (Lipinski definition) is 0. The Balaban J connectivity index is 1.65. The lowest BCUT2D eigenvalue weighted by atomic mass is 10.2. The van der Waals surface area contributed by atoms with E-state index in [0.717, 1.165) is 5.39 Å². The van der Waals surface area contributed by atoms with Crippen molar-refractivity contribution in [3.63, 3.8) is 0 Å². The number of nitriles is 1. The number of aryl methyl sites for hydroxylation is 1. The maximum absolute atomic E-state index is 13.3. The van der Waals surface area contributed by atoms with Crippen LogP contribution in [0.5, 0.6) is 0 Å². The number of fused-ring (bicyclic) bond motifs is 2. The van der Waals surface area contributed by atoms with Gasteiger partial charge in [-0.1, -0.05) is 35.5 Å². The van der Waals surface area contributed by atoms with Crippen LogP contribution < -0.4 is 0 Å². The molecule has 0 aliphatic carbocycles. The lowest BCUT2D eigenvalue weighted by molar-refractivity contribution is 0.0948. The minimum Gasteiger partial charge on any atom is -0.454 e. The van der Waals surface area contributed by atoms with Crippen molar-refractivity contribution in [2.75, 3.05) is 0 Å². The summed E-state index contributed by atoms with van der Waals surface area (Å²) in [4.78, 5) is 13.3. The van der Waals surface area contributed by atoms with E-state index in [9.17, 15) is 4.79 Å². The molecule has 8 heteroatoms. The van der Waals surface area contributed by atoms with Gasteiger partial charge in [0.05, 0.1) is 30.1 Å². The van der Waals surface area contributed by atoms with Crippen molar-refractivity contribution in [1.82, 2.24) is 24.8 Å². The van der Waals surface area contributed by atoms with E-state index in [2.05, 4.69) is 21.5 Å². The second kappa shape index (κ2) is 6.73. The van der Waals surface area contributed by atoms with Gasteiger partial charge in [0.1, 0.15) is 16.8 Å². The maximum Gasteiger partial charge on any atom is 0.284 e. The number of rotatable bonds is 4. The van der Waals surface area contributed by atoms with Gasteiger partial charge in [-0.2, -0.15) is 15.0 Å². The summed E-state index contributed by atoms with van der Waals surface area (Å²) in [6.07, 6.45) is 1.90. The van der Waals surface area contributed by atoms with E-state index in [-0.39, 0.29) is 12.3 Å². The zero-order valence-electron chi connectivity index (χ0n) is 15.2. The standard InChI is InChI=1S/C21H14N6O2/c22-10-5-11-26-13-15(21(28)27-17-8-3-2-7-16(17)23-25-27)20(24-26)19-12-14-6-1-4-9-18(14)29-19/h1-4,6-9,12-13H,5,11H2. The highest BCUT2D eigenvalue weighted by Gasteiger charge is 2.24. The van der Waals surface area contributed by atoms with Crippen LogP contribution in [-0.4, -0.2) is 30.7 Å². The molecular weight excluding hydrogens is 368 g/mol. The second-order valence-electron chi connectivity index (χ2n) is 6.51. The van der Waals surface area contributed by atoms with Crippen molar-refractivity contribution in [2.45, 2.75) is 13.0 Å². The lowest BCUT2D eigenvalue weighted by Gasteiger charge is -2.00. The smallest absolute Gasteiger partial charge is 0.284 e. The molecule has 0 aliphatic rings. The van der Waals surface area contributed by atoms with Crippen LogP contribution in [0.15, 0.2) is 65.2 Å². The first-order valence-electron chi connectivity index (χ1n) is 9.03. The van der Waals surface area contributed by atoms with Gasteiger partial charge in [0.15, 0.2) is 5.76 Å². The molecule has 0 fully saturated rings. The largest absolute Gasteiger partial charge is 0.454 e. The minimum absolute atomic E-state index is 0.279. The molecule has 0 amide bonds. The van der Waals surface area contributed by atoms with Crippen LogP contribution in [0.2, 0.25) is 0 Å². The molecule has 29 heavy (non-hydrogen) atoms. The van der Waals surface area contributed by atoms with E-state index in [4.69, 9.17) is 9.68 Å². The molecule has 0 unspecified atom stereocenters. The minimum atomic E-state index is -0.364. The number of carbonyl (C=O) groups excluding carboxylic acids is 1. The molecule has 140 valence electrons. The van der Waals surface area contributed by atoms with E-state index in [1.54, 1.807) is 23.0 Å². The van der Waals surface area contributed by atoms with E-state index in [1.807, 2.05) is 42.5 Å².